The Bertz CT molecular complexity index is 607. The molecule has 0 unspecified atom stereocenters. The zero-order valence-electron chi connectivity index (χ0n) is 10.0. The quantitative estimate of drug-likeness (QED) is 0.799. The maximum absolute atomic E-state index is 11.4. The second kappa shape index (κ2) is 5.26. The van der Waals surface area contributed by atoms with E-state index in [2.05, 4.69) is 15.3 Å². The molecule has 0 aliphatic carbocycles. The predicted octanol–water partition coefficient (Wildman–Crippen LogP) is 0.775. The third kappa shape index (κ3) is 3.13. The summed E-state index contributed by atoms with van der Waals surface area (Å²) in [4.78, 5) is 4.00. The van der Waals surface area contributed by atoms with Gasteiger partial charge < -0.3 is 0 Å². The van der Waals surface area contributed by atoms with Crippen molar-refractivity contribution in [2.75, 3.05) is 11.5 Å². The van der Waals surface area contributed by atoms with Crippen LogP contribution in [0.25, 0.3) is 11.3 Å². The van der Waals surface area contributed by atoms with Crippen molar-refractivity contribution in [3.05, 3.63) is 30.7 Å². The van der Waals surface area contributed by atoms with Gasteiger partial charge >= 0.3 is 0 Å². The molecule has 0 spiro atoms. The van der Waals surface area contributed by atoms with Crippen molar-refractivity contribution < 1.29 is 8.42 Å². The van der Waals surface area contributed by atoms with Gasteiger partial charge in [-0.15, -0.1) is 5.10 Å². The number of rotatable bonds is 5. The highest BCUT2D eigenvalue weighted by atomic mass is 32.2. The summed E-state index contributed by atoms with van der Waals surface area (Å²) in [6.07, 6.45) is 5.10. The van der Waals surface area contributed by atoms with Crippen LogP contribution < -0.4 is 0 Å². The van der Waals surface area contributed by atoms with Crippen molar-refractivity contribution in [3.8, 4) is 11.3 Å². The summed E-state index contributed by atoms with van der Waals surface area (Å²) in [6, 6.07) is 3.69. The van der Waals surface area contributed by atoms with Crippen LogP contribution in [0.5, 0.6) is 0 Å². The first-order chi connectivity index (χ1) is 8.61. The number of sulfone groups is 1. The predicted molar refractivity (Wildman–Crippen MR) is 67.6 cm³/mol. The third-order valence-electron chi connectivity index (χ3n) is 2.57. The Balaban J connectivity index is 2.08. The molecule has 0 fully saturated rings. The van der Waals surface area contributed by atoms with Crippen molar-refractivity contribution in [3.63, 3.8) is 0 Å². The van der Waals surface area contributed by atoms with Gasteiger partial charge in [-0.2, -0.15) is 0 Å². The van der Waals surface area contributed by atoms with Crippen molar-refractivity contribution in [1.29, 1.82) is 0 Å². The van der Waals surface area contributed by atoms with Crippen molar-refractivity contribution >= 4 is 9.84 Å². The molecular weight excluding hydrogens is 252 g/mol. The summed E-state index contributed by atoms with van der Waals surface area (Å²) in [7, 11) is -2.97. The standard InChI is InChI=1S/C11H14N4O2S/c1-2-18(16,17)7-6-15-9-11(13-14-15)10-4-3-5-12-8-10/h3-5,8-9H,2,6-7H2,1H3. The van der Waals surface area contributed by atoms with Crippen LogP contribution in [0.15, 0.2) is 30.7 Å². The van der Waals surface area contributed by atoms with Gasteiger partial charge in [0, 0.05) is 23.7 Å². The van der Waals surface area contributed by atoms with Gasteiger partial charge in [-0.3, -0.25) is 9.67 Å². The lowest BCUT2D eigenvalue weighted by Crippen LogP contribution is -2.14. The highest BCUT2D eigenvalue weighted by molar-refractivity contribution is 7.91. The normalized spacial score (nSPS) is 11.6. The first kappa shape index (κ1) is 12.7. The van der Waals surface area contributed by atoms with E-state index in [9.17, 15) is 8.42 Å². The fraction of sp³-hybridized carbons (Fsp3) is 0.364. The SMILES string of the molecule is CCS(=O)(=O)CCn1cc(-c2cccnc2)nn1. The van der Waals surface area contributed by atoms with Crippen LogP contribution in [0, 0.1) is 0 Å². The van der Waals surface area contributed by atoms with E-state index in [0.29, 0.717) is 12.2 Å². The number of aryl methyl sites for hydroxylation is 1. The summed E-state index contributed by atoms with van der Waals surface area (Å²) in [5.41, 5.74) is 1.55. The molecule has 0 bridgehead atoms. The van der Waals surface area contributed by atoms with Crippen LogP contribution in [0.1, 0.15) is 6.92 Å². The van der Waals surface area contributed by atoms with Crippen molar-refractivity contribution in [1.82, 2.24) is 20.0 Å². The maximum atomic E-state index is 11.4. The minimum absolute atomic E-state index is 0.0827. The maximum Gasteiger partial charge on any atom is 0.151 e. The summed E-state index contributed by atoms with van der Waals surface area (Å²) in [5.74, 6) is 0.233. The fourth-order valence-corrected chi connectivity index (χ4v) is 2.19. The smallest absolute Gasteiger partial charge is 0.151 e. The van der Waals surface area contributed by atoms with Gasteiger partial charge in [0.15, 0.2) is 9.84 Å². The van der Waals surface area contributed by atoms with Gasteiger partial charge in [0.25, 0.3) is 0 Å². The van der Waals surface area contributed by atoms with Gasteiger partial charge in [0.05, 0.1) is 18.5 Å². The molecule has 0 N–H and O–H groups in total. The Hall–Kier alpha value is -1.76. The lowest BCUT2D eigenvalue weighted by Gasteiger charge is -2.00. The van der Waals surface area contributed by atoms with Crippen LogP contribution in [0.2, 0.25) is 0 Å². The largest absolute Gasteiger partial charge is 0.264 e. The van der Waals surface area contributed by atoms with E-state index in [1.807, 2.05) is 12.1 Å². The van der Waals surface area contributed by atoms with E-state index in [4.69, 9.17) is 0 Å². The minimum Gasteiger partial charge on any atom is -0.264 e. The van der Waals surface area contributed by atoms with Crippen molar-refractivity contribution in [2.45, 2.75) is 13.5 Å². The molecule has 0 aromatic carbocycles. The monoisotopic (exact) mass is 266 g/mol. The molecule has 2 aromatic rings. The molecular formula is C11H14N4O2S. The number of nitrogens with zero attached hydrogens (tertiary/aromatic N) is 4. The lowest BCUT2D eigenvalue weighted by atomic mass is 10.2. The minimum atomic E-state index is -2.97. The first-order valence-corrected chi connectivity index (χ1v) is 7.44. The molecule has 96 valence electrons. The Morgan fingerprint density at radius 1 is 1.39 bits per heavy atom. The van der Waals surface area contributed by atoms with Gasteiger partial charge in [0.2, 0.25) is 0 Å². The van der Waals surface area contributed by atoms with Crippen LogP contribution >= 0.6 is 0 Å². The molecule has 0 amide bonds. The Morgan fingerprint density at radius 2 is 2.22 bits per heavy atom. The molecule has 18 heavy (non-hydrogen) atoms. The second-order valence-electron chi connectivity index (χ2n) is 3.84. The average Bonchev–Trinajstić information content (AvgIpc) is 2.86. The number of hydrogen-bond acceptors (Lipinski definition) is 5. The molecule has 0 aliphatic rings. The van der Waals surface area contributed by atoms with Gasteiger partial charge in [-0.1, -0.05) is 12.1 Å². The average molecular weight is 266 g/mol. The second-order valence-corrected chi connectivity index (χ2v) is 6.32. The third-order valence-corrected chi connectivity index (χ3v) is 4.25. The molecule has 7 heteroatoms. The van der Waals surface area contributed by atoms with E-state index in [1.165, 1.54) is 4.68 Å². The molecule has 0 radical (unpaired) electrons. The van der Waals surface area contributed by atoms with Gasteiger partial charge in [-0.25, -0.2) is 8.42 Å². The summed E-state index contributed by atoms with van der Waals surface area (Å²) in [6.45, 7) is 1.96. The van der Waals surface area contributed by atoms with E-state index in [0.717, 1.165) is 5.56 Å². The molecule has 0 aliphatic heterocycles. The molecule has 2 heterocycles. The number of hydrogen-bond donors (Lipinski definition) is 0. The number of aromatic nitrogens is 4. The summed E-state index contributed by atoms with van der Waals surface area (Å²) in [5, 5.41) is 7.90. The first-order valence-electron chi connectivity index (χ1n) is 5.61. The number of pyridine rings is 1. The van der Waals surface area contributed by atoms with E-state index in [-0.39, 0.29) is 11.5 Å². The summed E-state index contributed by atoms with van der Waals surface area (Å²) < 4.78 is 24.3. The Labute approximate surface area is 106 Å². The van der Waals surface area contributed by atoms with Crippen LogP contribution in [-0.2, 0) is 16.4 Å². The molecule has 0 atom stereocenters. The highest BCUT2D eigenvalue weighted by Crippen LogP contribution is 2.13. The van der Waals surface area contributed by atoms with Crippen molar-refractivity contribution in [2.24, 2.45) is 0 Å². The summed E-state index contributed by atoms with van der Waals surface area (Å²) >= 11 is 0. The fourth-order valence-electron chi connectivity index (χ4n) is 1.43. The Morgan fingerprint density at radius 3 is 2.89 bits per heavy atom. The molecule has 2 aromatic heterocycles. The van der Waals surface area contributed by atoms with E-state index >= 15 is 0 Å². The van der Waals surface area contributed by atoms with Gasteiger partial charge in [-0.05, 0) is 12.1 Å². The zero-order chi connectivity index (χ0) is 13.0. The molecule has 2 rings (SSSR count). The van der Waals surface area contributed by atoms with Gasteiger partial charge in [0.1, 0.15) is 5.69 Å². The topological polar surface area (TPSA) is 77.7 Å². The lowest BCUT2D eigenvalue weighted by molar-refractivity contribution is 0.576. The van der Waals surface area contributed by atoms with Crippen LogP contribution in [-0.4, -0.2) is 39.9 Å². The van der Waals surface area contributed by atoms with E-state index < -0.39 is 9.84 Å². The molecule has 0 saturated heterocycles. The van der Waals surface area contributed by atoms with Crippen LogP contribution in [0.4, 0.5) is 0 Å². The Kier molecular flexibility index (Phi) is 3.71. The van der Waals surface area contributed by atoms with Crippen LogP contribution in [0.3, 0.4) is 0 Å². The molecule has 6 nitrogen and oxygen atoms in total. The zero-order valence-corrected chi connectivity index (χ0v) is 10.8. The molecule has 0 saturated carbocycles. The highest BCUT2D eigenvalue weighted by Gasteiger charge is 2.09. The van der Waals surface area contributed by atoms with E-state index in [1.54, 1.807) is 25.5 Å².